The lowest BCUT2D eigenvalue weighted by molar-refractivity contribution is 0.356. The van der Waals surface area contributed by atoms with Crippen LogP contribution in [0, 0.1) is 0 Å². The van der Waals surface area contributed by atoms with Gasteiger partial charge in [-0.25, -0.2) is 0 Å². The molecule has 1 unspecified atom stereocenters. The summed E-state index contributed by atoms with van der Waals surface area (Å²) in [5, 5.41) is 3.49. The van der Waals surface area contributed by atoms with E-state index < -0.39 is 0 Å². The molecule has 1 atom stereocenters. The molecule has 0 aromatic heterocycles. The van der Waals surface area contributed by atoms with Crippen LogP contribution >= 0.6 is 0 Å². The number of aryl methyl sites for hydroxylation is 1. The number of para-hydroxylation sites is 1. The van der Waals surface area contributed by atoms with Gasteiger partial charge >= 0.3 is 0 Å². The van der Waals surface area contributed by atoms with E-state index in [0.29, 0.717) is 6.04 Å². The van der Waals surface area contributed by atoms with Gasteiger partial charge in [-0.2, -0.15) is 0 Å². The van der Waals surface area contributed by atoms with Gasteiger partial charge in [0.1, 0.15) is 5.75 Å². The molecular formula is C25H24N2O. The normalized spacial score (nSPS) is 19.4. The van der Waals surface area contributed by atoms with Crippen molar-refractivity contribution in [2.45, 2.75) is 31.7 Å². The number of fused-ring (bicyclic) bond motifs is 3. The average molecular weight is 368 g/mol. The Balaban J connectivity index is 1.48. The topological polar surface area (TPSA) is 24.5 Å². The maximum absolute atomic E-state index is 5.74. The highest BCUT2D eigenvalue weighted by Gasteiger charge is 2.30. The summed E-state index contributed by atoms with van der Waals surface area (Å²) in [5.41, 5.74) is 9.58. The molecule has 3 aromatic carbocycles. The van der Waals surface area contributed by atoms with E-state index in [1.165, 1.54) is 39.3 Å². The van der Waals surface area contributed by atoms with E-state index in [1.54, 1.807) is 0 Å². The lowest BCUT2D eigenvalue weighted by Gasteiger charge is -2.39. The SMILES string of the molecule is c1ccc2c(c1)CCC(c1ccc3c(c1)CCO3)N2c1ccc2c(c1)CCN2. The summed E-state index contributed by atoms with van der Waals surface area (Å²) >= 11 is 0. The predicted octanol–water partition coefficient (Wildman–Crippen LogP) is 5.42. The molecule has 3 aromatic rings. The Morgan fingerprint density at radius 2 is 1.82 bits per heavy atom. The largest absolute Gasteiger partial charge is 0.493 e. The first-order valence-corrected chi connectivity index (χ1v) is 10.4. The minimum Gasteiger partial charge on any atom is -0.493 e. The van der Waals surface area contributed by atoms with Gasteiger partial charge in [-0.15, -0.1) is 0 Å². The Bertz CT molecular complexity index is 1060. The molecule has 0 amide bonds. The number of rotatable bonds is 2. The Kier molecular flexibility index (Phi) is 3.61. The molecule has 0 radical (unpaired) electrons. The third-order valence-corrected chi connectivity index (χ3v) is 6.43. The molecule has 1 N–H and O–H groups in total. The Labute approximate surface area is 166 Å². The Hall–Kier alpha value is -2.94. The summed E-state index contributed by atoms with van der Waals surface area (Å²) in [6, 6.07) is 23.0. The summed E-state index contributed by atoms with van der Waals surface area (Å²) < 4.78 is 5.74. The van der Waals surface area contributed by atoms with Crippen molar-refractivity contribution in [3.8, 4) is 5.75 Å². The molecule has 6 rings (SSSR count). The highest BCUT2D eigenvalue weighted by molar-refractivity contribution is 5.73. The summed E-state index contributed by atoms with van der Waals surface area (Å²) in [5.74, 6) is 1.06. The lowest BCUT2D eigenvalue weighted by atomic mass is 9.89. The molecule has 3 aliphatic rings. The molecule has 0 fully saturated rings. The van der Waals surface area contributed by atoms with Gasteiger partial charge in [0.05, 0.1) is 12.6 Å². The Morgan fingerprint density at radius 3 is 2.82 bits per heavy atom. The van der Waals surface area contributed by atoms with E-state index in [4.69, 9.17) is 4.74 Å². The maximum atomic E-state index is 5.74. The second-order valence-electron chi connectivity index (χ2n) is 8.04. The molecule has 140 valence electrons. The van der Waals surface area contributed by atoms with Gasteiger partial charge in [-0.3, -0.25) is 0 Å². The van der Waals surface area contributed by atoms with Gasteiger partial charge in [-0.05, 0) is 77.9 Å². The minimum absolute atomic E-state index is 0.355. The van der Waals surface area contributed by atoms with Crippen LogP contribution in [-0.2, 0) is 19.3 Å². The van der Waals surface area contributed by atoms with E-state index >= 15 is 0 Å². The standard InChI is InChI=1S/C25H24N2O/c1-2-4-23-17(3-1)5-9-24(19-6-10-25-20(15-19)12-14-28-25)27(23)21-7-8-22-18(16-21)11-13-26-22/h1-4,6-8,10,15-16,24,26H,5,9,11-14H2. The first-order chi connectivity index (χ1) is 13.9. The summed E-state index contributed by atoms with van der Waals surface area (Å²) in [6.07, 6.45) is 4.39. The van der Waals surface area contributed by atoms with E-state index in [9.17, 15) is 0 Å². The number of ether oxygens (including phenoxy) is 1. The quantitative estimate of drug-likeness (QED) is 0.654. The summed E-state index contributed by atoms with van der Waals surface area (Å²) in [7, 11) is 0. The number of anilines is 3. The molecule has 0 saturated carbocycles. The zero-order valence-electron chi connectivity index (χ0n) is 15.9. The first-order valence-electron chi connectivity index (χ1n) is 10.4. The fourth-order valence-corrected chi connectivity index (χ4v) is 5.04. The van der Waals surface area contributed by atoms with E-state index in [0.717, 1.165) is 44.6 Å². The van der Waals surface area contributed by atoms with Gasteiger partial charge in [0, 0.05) is 30.0 Å². The third-order valence-electron chi connectivity index (χ3n) is 6.43. The van der Waals surface area contributed by atoms with Crippen LogP contribution in [0.15, 0.2) is 60.7 Å². The van der Waals surface area contributed by atoms with Crippen molar-refractivity contribution >= 4 is 17.1 Å². The van der Waals surface area contributed by atoms with Crippen LogP contribution in [0.4, 0.5) is 17.1 Å². The second kappa shape index (κ2) is 6.30. The maximum Gasteiger partial charge on any atom is 0.122 e. The van der Waals surface area contributed by atoms with Crippen molar-refractivity contribution in [2.75, 3.05) is 23.4 Å². The van der Waals surface area contributed by atoms with Crippen LogP contribution in [-0.4, -0.2) is 13.2 Å². The van der Waals surface area contributed by atoms with Gasteiger partial charge < -0.3 is 15.0 Å². The number of nitrogens with one attached hydrogen (secondary N) is 1. The predicted molar refractivity (Wildman–Crippen MR) is 114 cm³/mol. The van der Waals surface area contributed by atoms with Crippen LogP contribution in [0.3, 0.4) is 0 Å². The molecule has 3 heteroatoms. The average Bonchev–Trinajstić information content (AvgIpc) is 3.40. The molecule has 28 heavy (non-hydrogen) atoms. The second-order valence-corrected chi connectivity index (χ2v) is 8.04. The molecule has 0 aliphatic carbocycles. The van der Waals surface area contributed by atoms with Gasteiger partial charge in [0.15, 0.2) is 0 Å². The zero-order valence-corrected chi connectivity index (χ0v) is 15.9. The smallest absolute Gasteiger partial charge is 0.122 e. The first kappa shape index (κ1) is 16.1. The lowest BCUT2D eigenvalue weighted by Crippen LogP contribution is -2.29. The van der Waals surface area contributed by atoms with E-state index in [-0.39, 0.29) is 0 Å². The molecule has 3 aliphatic heterocycles. The van der Waals surface area contributed by atoms with E-state index in [2.05, 4.69) is 70.9 Å². The third kappa shape index (κ3) is 2.50. The van der Waals surface area contributed by atoms with Crippen LogP contribution in [0.2, 0.25) is 0 Å². The fourth-order valence-electron chi connectivity index (χ4n) is 5.04. The van der Waals surface area contributed by atoms with Crippen molar-refractivity contribution in [1.82, 2.24) is 0 Å². The summed E-state index contributed by atoms with van der Waals surface area (Å²) in [4.78, 5) is 2.56. The fraction of sp³-hybridized carbons (Fsp3) is 0.280. The highest BCUT2D eigenvalue weighted by atomic mass is 16.5. The molecule has 0 spiro atoms. The molecule has 3 heterocycles. The van der Waals surface area contributed by atoms with Gasteiger partial charge in [0.25, 0.3) is 0 Å². The van der Waals surface area contributed by atoms with Crippen molar-refractivity contribution < 1.29 is 4.74 Å². The number of nitrogens with zero attached hydrogens (tertiary/aromatic N) is 1. The van der Waals surface area contributed by atoms with Crippen LogP contribution in [0.5, 0.6) is 5.75 Å². The van der Waals surface area contributed by atoms with Crippen LogP contribution in [0.25, 0.3) is 0 Å². The van der Waals surface area contributed by atoms with Gasteiger partial charge in [0.2, 0.25) is 0 Å². The number of hydrogen-bond donors (Lipinski definition) is 1. The molecular weight excluding hydrogens is 344 g/mol. The van der Waals surface area contributed by atoms with Gasteiger partial charge in [-0.1, -0.05) is 24.3 Å². The van der Waals surface area contributed by atoms with Crippen molar-refractivity contribution in [3.05, 3.63) is 82.9 Å². The van der Waals surface area contributed by atoms with Crippen molar-refractivity contribution in [3.63, 3.8) is 0 Å². The van der Waals surface area contributed by atoms with E-state index in [1.807, 2.05) is 0 Å². The van der Waals surface area contributed by atoms with Crippen LogP contribution in [0.1, 0.15) is 34.7 Å². The van der Waals surface area contributed by atoms with Crippen molar-refractivity contribution in [2.24, 2.45) is 0 Å². The highest BCUT2D eigenvalue weighted by Crippen LogP contribution is 2.45. The molecule has 0 saturated heterocycles. The minimum atomic E-state index is 0.355. The van der Waals surface area contributed by atoms with Crippen LogP contribution < -0.4 is 15.0 Å². The Morgan fingerprint density at radius 1 is 0.857 bits per heavy atom. The number of hydrogen-bond acceptors (Lipinski definition) is 3. The zero-order chi connectivity index (χ0) is 18.5. The molecule has 0 bridgehead atoms. The molecule has 3 nitrogen and oxygen atoms in total. The van der Waals surface area contributed by atoms with Crippen molar-refractivity contribution in [1.29, 1.82) is 0 Å². The summed E-state index contributed by atoms with van der Waals surface area (Å²) in [6.45, 7) is 1.86. The number of benzene rings is 3. The monoisotopic (exact) mass is 368 g/mol.